The van der Waals surface area contributed by atoms with E-state index in [1.807, 2.05) is 0 Å². The Morgan fingerprint density at radius 2 is 2.25 bits per heavy atom. The summed E-state index contributed by atoms with van der Waals surface area (Å²) >= 11 is 0. The molecule has 2 saturated heterocycles. The Morgan fingerprint density at radius 3 is 2.88 bits per heavy atom. The van der Waals surface area contributed by atoms with Gasteiger partial charge < -0.3 is 16.0 Å². The summed E-state index contributed by atoms with van der Waals surface area (Å²) in [5.74, 6) is -0.0610. The van der Waals surface area contributed by atoms with Gasteiger partial charge in [-0.15, -0.1) is 0 Å². The first kappa shape index (κ1) is 11.4. The van der Waals surface area contributed by atoms with Crippen molar-refractivity contribution in [3.8, 4) is 0 Å². The molecule has 0 aromatic heterocycles. The predicted molar refractivity (Wildman–Crippen MR) is 59.8 cm³/mol. The molecule has 0 aromatic carbocycles. The van der Waals surface area contributed by atoms with E-state index in [1.165, 1.54) is 12.8 Å². The lowest BCUT2D eigenvalue weighted by Crippen LogP contribution is -2.48. The maximum Gasteiger partial charge on any atom is 0.242 e. The lowest BCUT2D eigenvalue weighted by atomic mass is 10.1. The number of carbonyl (C=O) groups excluding carboxylic acids is 2. The van der Waals surface area contributed by atoms with E-state index in [9.17, 15) is 9.59 Å². The number of hydrogen-bond donors (Lipinski definition) is 3. The van der Waals surface area contributed by atoms with Crippen LogP contribution in [0.1, 0.15) is 32.1 Å². The zero-order valence-electron chi connectivity index (χ0n) is 9.42. The van der Waals surface area contributed by atoms with Crippen molar-refractivity contribution in [2.45, 2.75) is 44.2 Å². The smallest absolute Gasteiger partial charge is 0.242 e. The molecule has 2 fully saturated rings. The molecule has 0 spiro atoms. The van der Waals surface area contributed by atoms with Crippen molar-refractivity contribution in [3.63, 3.8) is 0 Å². The Morgan fingerprint density at radius 1 is 1.38 bits per heavy atom. The van der Waals surface area contributed by atoms with Gasteiger partial charge in [0.2, 0.25) is 11.8 Å². The Balaban J connectivity index is 1.68. The Hall–Kier alpha value is -1.10. The van der Waals surface area contributed by atoms with Crippen molar-refractivity contribution in [1.29, 1.82) is 0 Å². The zero-order valence-corrected chi connectivity index (χ0v) is 9.42. The highest BCUT2D eigenvalue weighted by Crippen LogP contribution is 2.08. The van der Waals surface area contributed by atoms with Gasteiger partial charge in [0.1, 0.15) is 6.04 Å². The van der Waals surface area contributed by atoms with Crippen LogP contribution in [0.2, 0.25) is 0 Å². The van der Waals surface area contributed by atoms with Crippen LogP contribution >= 0.6 is 0 Å². The molecule has 0 saturated carbocycles. The molecule has 2 aliphatic heterocycles. The van der Waals surface area contributed by atoms with Crippen molar-refractivity contribution in [3.05, 3.63) is 0 Å². The molecule has 5 heteroatoms. The molecule has 2 atom stereocenters. The summed E-state index contributed by atoms with van der Waals surface area (Å²) in [6.07, 6.45) is 4.68. The molecule has 5 nitrogen and oxygen atoms in total. The fourth-order valence-electron chi connectivity index (χ4n) is 2.26. The minimum absolute atomic E-state index is 0.0176. The second-order valence-electron chi connectivity index (χ2n) is 4.55. The maximum atomic E-state index is 11.7. The van der Waals surface area contributed by atoms with Crippen LogP contribution in [0.3, 0.4) is 0 Å². The van der Waals surface area contributed by atoms with Gasteiger partial charge in [-0.1, -0.05) is 6.42 Å². The second kappa shape index (κ2) is 5.30. The quantitative estimate of drug-likeness (QED) is 0.608. The Labute approximate surface area is 95.3 Å². The van der Waals surface area contributed by atoms with E-state index >= 15 is 0 Å². The number of amides is 2. The van der Waals surface area contributed by atoms with Crippen LogP contribution in [-0.4, -0.2) is 37.0 Å². The van der Waals surface area contributed by atoms with Gasteiger partial charge in [-0.25, -0.2) is 0 Å². The summed E-state index contributed by atoms with van der Waals surface area (Å²) in [5.41, 5.74) is 0. The van der Waals surface area contributed by atoms with E-state index in [-0.39, 0.29) is 17.9 Å². The third-order valence-electron chi connectivity index (χ3n) is 3.25. The summed E-state index contributed by atoms with van der Waals surface area (Å²) in [7, 11) is 0. The molecular formula is C11H19N3O2. The predicted octanol–water partition coefficient (Wildman–Crippen LogP) is -0.477. The highest BCUT2D eigenvalue weighted by molar-refractivity contribution is 5.90. The fraction of sp³-hybridized carbons (Fsp3) is 0.818. The highest BCUT2D eigenvalue weighted by Gasteiger charge is 2.27. The minimum Gasteiger partial charge on any atom is -0.353 e. The maximum absolute atomic E-state index is 11.7. The third kappa shape index (κ3) is 2.95. The highest BCUT2D eigenvalue weighted by atomic mass is 16.2. The third-order valence-corrected chi connectivity index (χ3v) is 3.25. The molecule has 2 aliphatic rings. The van der Waals surface area contributed by atoms with Crippen LogP contribution in [0.4, 0.5) is 0 Å². The number of rotatable bonds is 3. The topological polar surface area (TPSA) is 70.2 Å². The van der Waals surface area contributed by atoms with E-state index < -0.39 is 0 Å². The first-order valence-electron chi connectivity index (χ1n) is 6.06. The molecule has 0 radical (unpaired) electrons. The van der Waals surface area contributed by atoms with E-state index in [0.717, 1.165) is 13.0 Å². The fourth-order valence-corrected chi connectivity index (χ4v) is 2.26. The van der Waals surface area contributed by atoms with Crippen LogP contribution in [0.15, 0.2) is 0 Å². The lowest BCUT2D eigenvalue weighted by molar-refractivity contribution is -0.125. The van der Waals surface area contributed by atoms with E-state index in [2.05, 4.69) is 16.0 Å². The molecular weight excluding hydrogens is 206 g/mol. The number of carbonyl (C=O) groups is 2. The number of nitrogens with one attached hydrogen (secondary N) is 3. The molecule has 2 rings (SSSR count). The van der Waals surface area contributed by atoms with Crippen molar-refractivity contribution < 1.29 is 9.59 Å². The Kier molecular flexibility index (Phi) is 3.77. The number of hydrogen-bond acceptors (Lipinski definition) is 3. The van der Waals surface area contributed by atoms with E-state index in [4.69, 9.17) is 0 Å². The van der Waals surface area contributed by atoms with Gasteiger partial charge in [-0.2, -0.15) is 0 Å². The van der Waals surface area contributed by atoms with Crippen LogP contribution in [0, 0.1) is 0 Å². The van der Waals surface area contributed by atoms with Gasteiger partial charge in [-0.05, 0) is 25.8 Å². The standard InChI is InChI=1S/C11H19N3O2/c15-10-5-4-9(14-10)11(16)13-7-8-3-1-2-6-12-8/h8-9,12H,1-7H2,(H,13,16)(H,14,15). The molecule has 2 heterocycles. The van der Waals surface area contributed by atoms with Gasteiger partial charge in [0.15, 0.2) is 0 Å². The zero-order chi connectivity index (χ0) is 11.4. The lowest BCUT2D eigenvalue weighted by Gasteiger charge is -2.24. The van der Waals surface area contributed by atoms with E-state index in [1.54, 1.807) is 0 Å². The van der Waals surface area contributed by atoms with Gasteiger partial charge >= 0.3 is 0 Å². The molecule has 0 aliphatic carbocycles. The van der Waals surface area contributed by atoms with E-state index in [0.29, 0.717) is 25.4 Å². The van der Waals surface area contributed by atoms with Crippen LogP contribution < -0.4 is 16.0 Å². The summed E-state index contributed by atoms with van der Waals surface area (Å²) in [6, 6.07) is 0.0888. The molecule has 2 unspecified atom stereocenters. The van der Waals surface area contributed by atoms with Crippen LogP contribution in [0.25, 0.3) is 0 Å². The van der Waals surface area contributed by atoms with Gasteiger partial charge in [0.25, 0.3) is 0 Å². The molecule has 90 valence electrons. The average Bonchev–Trinajstić information content (AvgIpc) is 2.74. The molecule has 2 amide bonds. The van der Waals surface area contributed by atoms with Crippen LogP contribution in [0.5, 0.6) is 0 Å². The summed E-state index contributed by atoms with van der Waals surface area (Å²) < 4.78 is 0. The van der Waals surface area contributed by atoms with Gasteiger partial charge in [-0.3, -0.25) is 9.59 Å². The normalized spacial score (nSPS) is 29.9. The van der Waals surface area contributed by atoms with Crippen molar-refractivity contribution in [1.82, 2.24) is 16.0 Å². The summed E-state index contributed by atoms with van der Waals surface area (Å²) in [6.45, 7) is 1.71. The first-order chi connectivity index (χ1) is 7.75. The average molecular weight is 225 g/mol. The first-order valence-corrected chi connectivity index (χ1v) is 6.06. The molecule has 16 heavy (non-hydrogen) atoms. The monoisotopic (exact) mass is 225 g/mol. The molecule has 0 aromatic rings. The van der Waals surface area contributed by atoms with Crippen molar-refractivity contribution in [2.24, 2.45) is 0 Å². The SMILES string of the molecule is O=C1CCC(C(=O)NCC2CCCCN2)N1. The summed E-state index contributed by atoms with van der Waals surface area (Å²) in [5, 5.41) is 8.94. The molecule has 0 bridgehead atoms. The van der Waals surface area contributed by atoms with Crippen molar-refractivity contribution in [2.75, 3.05) is 13.1 Å². The number of piperidine rings is 1. The summed E-state index contributed by atoms with van der Waals surface area (Å²) in [4.78, 5) is 22.6. The van der Waals surface area contributed by atoms with Crippen molar-refractivity contribution >= 4 is 11.8 Å². The van der Waals surface area contributed by atoms with Gasteiger partial charge in [0, 0.05) is 19.0 Å². The van der Waals surface area contributed by atoms with Gasteiger partial charge in [0.05, 0.1) is 0 Å². The van der Waals surface area contributed by atoms with Crippen LogP contribution in [-0.2, 0) is 9.59 Å². The second-order valence-corrected chi connectivity index (χ2v) is 4.55. The minimum atomic E-state index is -0.309. The Bertz CT molecular complexity index is 274. The molecule has 3 N–H and O–H groups in total. The largest absolute Gasteiger partial charge is 0.353 e.